The molecule has 1 fully saturated rings. The smallest absolute Gasteiger partial charge is 0.330 e. The summed E-state index contributed by atoms with van der Waals surface area (Å²) in [5.74, 6) is -0.249. The first kappa shape index (κ1) is 15.3. The first-order chi connectivity index (χ1) is 9.56. The number of hydrogen-bond acceptors (Lipinski definition) is 4. The van der Waals surface area contributed by atoms with Crippen molar-refractivity contribution < 1.29 is 19.7 Å². The molecule has 2 N–H and O–H groups in total. The topological polar surface area (TPSA) is 66.8 Å². The van der Waals surface area contributed by atoms with Gasteiger partial charge in [0, 0.05) is 6.08 Å². The molecule has 4 heteroatoms. The van der Waals surface area contributed by atoms with E-state index in [4.69, 9.17) is 4.74 Å². The van der Waals surface area contributed by atoms with Gasteiger partial charge in [-0.15, -0.1) is 0 Å². The molecule has 0 aromatic rings. The van der Waals surface area contributed by atoms with Crippen LogP contribution in [0.15, 0.2) is 24.3 Å². The molecule has 0 bridgehead atoms. The largest absolute Gasteiger partial charge is 0.460 e. The number of aliphatic hydroxyl groups is 2. The molecule has 1 saturated carbocycles. The van der Waals surface area contributed by atoms with Crippen molar-refractivity contribution in [2.24, 2.45) is 11.8 Å². The summed E-state index contributed by atoms with van der Waals surface area (Å²) in [6.07, 6.45) is 9.87. The van der Waals surface area contributed by atoms with Crippen molar-refractivity contribution in [3.63, 3.8) is 0 Å². The Morgan fingerprint density at radius 3 is 2.85 bits per heavy atom. The van der Waals surface area contributed by atoms with Crippen molar-refractivity contribution in [1.29, 1.82) is 0 Å². The maximum atomic E-state index is 11.6. The molecule has 0 unspecified atom stereocenters. The van der Waals surface area contributed by atoms with E-state index in [1.54, 1.807) is 0 Å². The number of esters is 1. The zero-order valence-corrected chi connectivity index (χ0v) is 11.9. The third kappa shape index (κ3) is 4.18. The second-order valence-electron chi connectivity index (χ2n) is 5.91. The van der Waals surface area contributed by atoms with E-state index in [0.29, 0.717) is 12.8 Å². The lowest BCUT2D eigenvalue weighted by Crippen LogP contribution is -2.21. The Morgan fingerprint density at radius 1 is 1.25 bits per heavy atom. The number of aliphatic hydroxyl groups excluding tert-OH is 2. The number of carbonyl (C=O) groups is 1. The van der Waals surface area contributed by atoms with E-state index in [2.05, 4.69) is 12.2 Å². The molecular weight excluding hydrogens is 256 g/mol. The number of hydrogen-bond donors (Lipinski definition) is 2. The molecule has 1 aliphatic heterocycles. The van der Waals surface area contributed by atoms with Crippen LogP contribution in [0.5, 0.6) is 0 Å². The van der Waals surface area contributed by atoms with Gasteiger partial charge in [0.05, 0.1) is 18.3 Å². The van der Waals surface area contributed by atoms with Crippen LogP contribution >= 0.6 is 0 Å². The number of carbonyl (C=O) groups excluding carboxylic acids is 1. The molecular formula is C16H24O4. The molecule has 1 heterocycles. The van der Waals surface area contributed by atoms with Gasteiger partial charge >= 0.3 is 5.97 Å². The summed E-state index contributed by atoms with van der Waals surface area (Å²) in [5.41, 5.74) is 0. The van der Waals surface area contributed by atoms with Crippen LogP contribution in [0.1, 0.15) is 39.0 Å². The molecule has 0 radical (unpaired) electrons. The van der Waals surface area contributed by atoms with Gasteiger partial charge in [0.1, 0.15) is 0 Å². The molecule has 112 valence electrons. The highest BCUT2D eigenvalue weighted by Gasteiger charge is 2.35. The van der Waals surface area contributed by atoms with Crippen LogP contribution < -0.4 is 0 Å². The maximum Gasteiger partial charge on any atom is 0.330 e. The Morgan fingerprint density at radius 2 is 2.05 bits per heavy atom. The van der Waals surface area contributed by atoms with Gasteiger partial charge < -0.3 is 14.9 Å². The molecule has 0 aromatic carbocycles. The first-order valence-electron chi connectivity index (χ1n) is 7.48. The molecule has 20 heavy (non-hydrogen) atoms. The molecule has 4 nitrogen and oxygen atoms in total. The quantitative estimate of drug-likeness (QED) is 0.526. The van der Waals surface area contributed by atoms with E-state index in [-0.39, 0.29) is 24.0 Å². The highest BCUT2D eigenvalue weighted by atomic mass is 16.5. The summed E-state index contributed by atoms with van der Waals surface area (Å²) in [4.78, 5) is 11.6. The van der Waals surface area contributed by atoms with E-state index >= 15 is 0 Å². The van der Waals surface area contributed by atoms with Gasteiger partial charge in [-0.2, -0.15) is 0 Å². The van der Waals surface area contributed by atoms with Gasteiger partial charge in [0.25, 0.3) is 0 Å². The van der Waals surface area contributed by atoms with E-state index in [9.17, 15) is 15.0 Å². The molecule has 0 amide bonds. The highest BCUT2D eigenvalue weighted by molar-refractivity contribution is 5.82. The minimum Gasteiger partial charge on any atom is -0.460 e. The predicted octanol–water partition coefficient (Wildman–Crippen LogP) is 1.96. The number of allylic oxidation sites excluding steroid dienone is 2. The van der Waals surface area contributed by atoms with Crippen LogP contribution in [0, 0.1) is 11.8 Å². The van der Waals surface area contributed by atoms with Crippen LogP contribution in [-0.4, -0.2) is 34.5 Å². The maximum absolute atomic E-state index is 11.6. The van der Waals surface area contributed by atoms with Crippen LogP contribution in [0.25, 0.3) is 0 Å². The van der Waals surface area contributed by atoms with Crippen LogP contribution in [-0.2, 0) is 9.53 Å². The van der Waals surface area contributed by atoms with Crippen molar-refractivity contribution in [3.8, 4) is 0 Å². The number of ether oxygens (including phenoxy) is 1. The molecule has 0 saturated heterocycles. The van der Waals surface area contributed by atoms with Crippen molar-refractivity contribution >= 4 is 5.97 Å². The summed E-state index contributed by atoms with van der Waals surface area (Å²) in [6.45, 7) is 1.89. The van der Waals surface area contributed by atoms with Crippen LogP contribution in [0.4, 0.5) is 0 Å². The van der Waals surface area contributed by atoms with Crippen molar-refractivity contribution in [2.75, 3.05) is 0 Å². The molecule has 1 aliphatic carbocycles. The van der Waals surface area contributed by atoms with Gasteiger partial charge in [0.15, 0.2) is 0 Å². The monoisotopic (exact) mass is 280 g/mol. The minimum atomic E-state index is -0.717. The third-order valence-corrected chi connectivity index (χ3v) is 4.19. The average molecular weight is 280 g/mol. The minimum absolute atomic E-state index is 0.0246. The van der Waals surface area contributed by atoms with Crippen LogP contribution in [0.2, 0.25) is 0 Å². The van der Waals surface area contributed by atoms with Crippen molar-refractivity contribution in [1.82, 2.24) is 0 Å². The summed E-state index contributed by atoms with van der Waals surface area (Å²) < 4.78 is 5.23. The fourth-order valence-electron chi connectivity index (χ4n) is 3.10. The van der Waals surface area contributed by atoms with Gasteiger partial charge in [0.2, 0.25) is 0 Å². The molecule has 2 aliphatic rings. The Kier molecular flexibility index (Phi) is 5.38. The Labute approximate surface area is 120 Å². The molecule has 0 spiro atoms. The normalized spacial score (nSPS) is 42.5. The first-order valence-corrected chi connectivity index (χ1v) is 7.48. The highest BCUT2D eigenvalue weighted by Crippen LogP contribution is 2.36. The fraction of sp³-hybridized carbons (Fsp3) is 0.688. The number of cyclic esters (lactones) is 1. The van der Waals surface area contributed by atoms with E-state index in [1.165, 1.54) is 12.2 Å². The van der Waals surface area contributed by atoms with Gasteiger partial charge in [-0.05, 0) is 56.9 Å². The fourth-order valence-corrected chi connectivity index (χ4v) is 3.10. The standard InChI is InChI=1S/C16H24O4/c1-11-5-3-2-4-6-12-9-13(17)10-14(12)15(18)7-8-16(19)20-11/h4,6-8,11-15,17-18H,2-3,5,9-10H2,1H3/b6-4+,8-7-/t11-,12+,13-,14-,15+/m0/s1. The summed E-state index contributed by atoms with van der Waals surface area (Å²) in [7, 11) is 0. The lowest BCUT2D eigenvalue weighted by atomic mass is 9.90. The van der Waals surface area contributed by atoms with E-state index < -0.39 is 12.1 Å². The Bertz CT molecular complexity index is 388. The molecule has 2 rings (SSSR count). The molecule has 5 atom stereocenters. The van der Waals surface area contributed by atoms with Gasteiger partial charge in [-0.1, -0.05) is 12.2 Å². The summed E-state index contributed by atoms with van der Waals surface area (Å²) in [6, 6.07) is 0. The number of fused-ring (bicyclic) bond motifs is 1. The van der Waals surface area contributed by atoms with E-state index in [0.717, 1.165) is 19.3 Å². The summed E-state index contributed by atoms with van der Waals surface area (Å²) in [5, 5.41) is 20.0. The average Bonchev–Trinajstić information content (AvgIpc) is 2.76. The van der Waals surface area contributed by atoms with Gasteiger partial charge in [-0.3, -0.25) is 0 Å². The Hall–Kier alpha value is -1.13. The van der Waals surface area contributed by atoms with Crippen LogP contribution in [0.3, 0.4) is 0 Å². The zero-order valence-electron chi connectivity index (χ0n) is 11.9. The van der Waals surface area contributed by atoms with E-state index in [1.807, 2.05) is 6.92 Å². The van der Waals surface area contributed by atoms with Gasteiger partial charge in [-0.25, -0.2) is 4.79 Å². The Balaban J connectivity index is 2.11. The number of rotatable bonds is 0. The predicted molar refractivity (Wildman–Crippen MR) is 75.9 cm³/mol. The van der Waals surface area contributed by atoms with Crippen molar-refractivity contribution in [2.45, 2.75) is 57.3 Å². The lowest BCUT2D eigenvalue weighted by Gasteiger charge is -2.19. The second-order valence-corrected chi connectivity index (χ2v) is 5.91. The summed E-state index contributed by atoms with van der Waals surface area (Å²) >= 11 is 0. The third-order valence-electron chi connectivity index (χ3n) is 4.19. The molecule has 0 aromatic heterocycles. The second kappa shape index (κ2) is 7.04. The SMILES string of the molecule is C[C@H]1CCC/C=C/[C@@H]2C[C@H](O)C[C@@H]2[C@H](O)/C=C\C(=O)O1. The van der Waals surface area contributed by atoms with Crippen molar-refractivity contribution in [3.05, 3.63) is 24.3 Å². The zero-order chi connectivity index (χ0) is 14.5. The lowest BCUT2D eigenvalue weighted by molar-refractivity contribution is -0.142.